The predicted octanol–water partition coefficient (Wildman–Crippen LogP) is 0.226. The third kappa shape index (κ3) is 3.48. The van der Waals surface area contributed by atoms with Gasteiger partial charge in [0.05, 0.1) is 6.54 Å². The number of rotatable bonds is 4. The second-order valence-corrected chi connectivity index (χ2v) is 7.79. The molecule has 1 aromatic heterocycles. The number of hydrogen-bond acceptors (Lipinski definition) is 6. The minimum atomic E-state index is -3.29. The fraction of sp³-hybridized carbons (Fsp3) is 0.846. The molecule has 2 fully saturated rings. The van der Waals surface area contributed by atoms with Crippen LogP contribution in [0.5, 0.6) is 0 Å². The third-order valence-electron chi connectivity index (χ3n) is 4.19. The zero-order valence-electron chi connectivity index (χ0n) is 12.9. The van der Waals surface area contributed by atoms with Crippen LogP contribution < -0.4 is 0 Å². The SMILES string of the molecule is Cc1nnc(CN2CCCN(S(=O)(=O)N3CCCC3)CC2)o1. The van der Waals surface area contributed by atoms with Gasteiger partial charge >= 0.3 is 0 Å². The van der Waals surface area contributed by atoms with E-state index >= 15 is 0 Å². The second kappa shape index (κ2) is 6.61. The van der Waals surface area contributed by atoms with E-state index in [-0.39, 0.29) is 0 Å². The van der Waals surface area contributed by atoms with E-state index in [0.717, 1.165) is 25.8 Å². The van der Waals surface area contributed by atoms with Crippen molar-refractivity contribution in [2.45, 2.75) is 32.7 Å². The van der Waals surface area contributed by atoms with Gasteiger partial charge in [-0.1, -0.05) is 0 Å². The molecule has 0 spiro atoms. The Morgan fingerprint density at radius 3 is 2.32 bits per heavy atom. The van der Waals surface area contributed by atoms with E-state index < -0.39 is 10.2 Å². The van der Waals surface area contributed by atoms with Gasteiger partial charge < -0.3 is 4.42 Å². The highest BCUT2D eigenvalue weighted by Crippen LogP contribution is 2.18. The van der Waals surface area contributed by atoms with Crippen LogP contribution in [0, 0.1) is 6.92 Å². The van der Waals surface area contributed by atoms with Crippen molar-refractivity contribution in [3.05, 3.63) is 11.8 Å². The van der Waals surface area contributed by atoms with Crippen LogP contribution in [0.4, 0.5) is 0 Å². The smallest absolute Gasteiger partial charge is 0.282 e. The summed E-state index contributed by atoms with van der Waals surface area (Å²) >= 11 is 0. The highest BCUT2D eigenvalue weighted by atomic mass is 32.2. The van der Waals surface area contributed by atoms with Gasteiger partial charge in [0, 0.05) is 39.6 Å². The molecule has 0 radical (unpaired) electrons. The van der Waals surface area contributed by atoms with Crippen LogP contribution in [0.1, 0.15) is 31.0 Å². The van der Waals surface area contributed by atoms with E-state index in [2.05, 4.69) is 15.1 Å². The monoisotopic (exact) mass is 329 g/mol. The molecule has 0 bridgehead atoms. The maximum Gasteiger partial charge on any atom is 0.282 e. The Labute approximate surface area is 131 Å². The molecule has 0 saturated carbocycles. The average molecular weight is 329 g/mol. The van der Waals surface area contributed by atoms with Crippen LogP contribution >= 0.6 is 0 Å². The van der Waals surface area contributed by atoms with E-state index in [1.165, 1.54) is 0 Å². The molecule has 3 rings (SSSR count). The summed E-state index contributed by atoms with van der Waals surface area (Å²) in [7, 11) is -3.29. The lowest BCUT2D eigenvalue weighted by Gasteiger charge is -2.26. The zero-order chi connectivity index (χ0) is 15.6. The summed E-state index contributed by atoms with van der Waals surface area (Å²) in [6.45, 7) is 6.29. The van der Waals surface area contributed by atoms with Crippen molar-refractivity contribution in [2.75, 3.05) is 39.3 Å². The summed E-state index contributed by atoms with van der Waals surface area (Å²) in [6.07, 6.45) is 2.76. The van der Waals surface area contributed by atoms with Gasteiger partial charge in [0.2, 0.25) is 11.8 Å². The van der Waals surface area contributed by atoms with E-state index in [1.54, 1.807) is 15.5 Å². The largest absolute Gasteiger partial charge is 0.424 e. The molecule has 2 saturated heterocycles. The van der Waals surface area contributed by atoms with Crippen LogP contribution in [-0.2, 0) is 16.8 Å². The lowest BCUT2D eigenvalue weighted by Crippen LogP contribution is -2.44. The highest BCUT2D eigenvalue weighted by Gasteiger charge is 2.32. The molecule has 124 valence electrons. The number of aryl methyl sites for hydroxylation is 1. The number of aromatic nitrogens is 2. The Morgan fingerprint density at radius 2 is 1.64 bits per heavy atom. The summed E-state index contributed by atoms with van der Waals surface area (Å²) in [4.78, 5) is 2.17. The standard InChI is InChI=1S/C13H23N5O3S/c1-12-14-15-13(21-12)11-16-5-4-8-18(10-9-16)22(19,20)17-6-2-3-7-17/h2-11H2,1H3. The summed E-state index contributed by atoms with van der Waals surface area (Å²) < 4.78 is 33.8. The third-order valence-corrected chi connectivity index (χ3v) is 6.23. The van der Waals surface area contributed by atoms with E-state index in [0.29, 0.717) is 51.0 Å². The fourth-order valence-electron chi connectivity index (χ4n) is 3.01. The lowest BCUT2D eigenvalue weighted by molar-refractivity contribution is 0.247. The molecule has 3 heterocycles. The number of hydrogen-bond donors (Lipinski definition) is 0. The molecule has 0 aromatic carbocycles. The van der Waals surface area contributed by atoms with Crippen molar-refractivity contribution in [3.63, 3.8) is 0 Å². The van der Waals surface area contributed by atoms with E-state index in [4.69, 9.17) is 4.42 Å². The van der Waals surface area contributed by atoms with Crippen LogP contribution in [0.15, 0.2) is 4.42 Å². The maximum atomic E-state index is 12.6. The minimum Gasteiger partial charge on any atom is -0.424 e. The first-order valence-electron chi connectivity index (χ1n) is 7.82. The Morgan fingerprint density at radius 1 is 0.955 bits per heavy atom. The molecular formula is C13H23N5O3S. The highest BCUT2D eigenvalue weighted by molar-refractivity contribution is 7.86. The molecule has 0 N–H and O–H groups in total. The van der Waals surface area contributed by atoms with Gasteiger partial charge in [-0.3, -0.25) is 4.90 Å². The van der Waals surface area contributed by atoms with Gasteiger partial charge in [-0.05, 0) is 25.8 Å². The Balaban J connectivity index is 1.59. The lowest BCUT2D eigenvalue weighted by atomic mass is 10.4. The molecule has 0 aliphatic carbocycles. The van der Waals surface area contributed by atoms with Crippen molar-refractivity contribution in [1.82, 2.24) is 23.7 Å². The van der Waals surface area contributed by atoms with Crippen molar-refractivity contribution in [2.24, 2.45) is 0 Å². The first-order valence-corrected chi connectivity index (χ1v) is 9.22. The molecule has 8 nitrogen and oxygen atoms in total. The van der Waals surface area contributed by atoms with Gasteiger partial charge in [-0.2, -0.15) is 17.0 Å². The zero-order valence-corrected chi connectivity index (χ0v) is 13.8. The summed E-state index contributed by atoms with van der Waals surface area (Å²) in [5, 5.41) is 7.83. The molecule has 0 unspecified atom stereocenters. The van der Waals surface area contributed by atoms with Crippen LogP contribution in [0.25, 0.3) is 0 Å². The van der Waals surface area contributed by atoms with E-state index in [1.807, 2.05) is 0 Å². The molecule has 0 amide bonds. The second-order valence-electron chi connectivity index (χ2n) is 5.86. The van der Waals surface area contributed by atoms with E-state index in [9.17, 15) is 8.42 Å². The summed E-state index contributed by atoms with van der Waals surface area (Å²) in [5.41, 5.74) is 0. The van der Waals surface area contributed by atoms with Crippen molar-refractivity contribution in [1.29, 1.82) is 0 Å². The molecule has 2 aliphatic heterocycles. The summed E-state index contributed by atoms with van der Waals surface area (Å²) in [5.74, 6) is 1.15. The van der Waals surface area contributed by atoms with Crippen molar-refractivity contribution < 1.29 is 12.8 Å². The summed E-state index contributed by atoms with van der Waals surface area (Å²) in [6, 6.07) is 0. The Hall–Kier alpha value is -1.03. The average Bonchev–Trinajstić information content (AvgIpc) is 3.08. The van der Waals surface area contributed by atoms with Crippen LogP contribution in [0.2, 0.25) is 0 Å². The Kier molecular flexibility index (Phi) is 4.76. The van der Waals surface area contributed by atoms with Crippen LogP contribution in [-0.4, -0.2) is 71.4 Å². The predicted molar refractivity (Wildman–Crippen MR) is 80.2 cm³/mol. The van der Waals surface area contributed by atoms with Crippen molar-refractivity contribution >= 4 is 10.2 Å². The normalized spacial score (nSPS) is 23.0. The first-order chi connectivity index (χ1) is 10.6. The van der Waals surface area contributed by atoms with Crippen LogP contribution in [0.3, 0.4) is 0 Å². The number of nitrogens with zero attached hydrogens (tertiary/aromatic N) is 5. The molecular weight excluding hydrogens is 306 g/mol. The molecule has 0 atom stereocenters. The van der Waals surface area contributed by atoms with Gasteiger partial charge in [0.1, 0.15) is 0 Å². The fourth-order valence-corrected chi connectivity index (χ4v) is 4.73. The Bertz CT molecular complexity index is 597. The van der Waals surface area contributed by atoms with Crippen molar-refractivity contribution in [3.8, 4) is 0 Å². The maximum absolute atomic E-state index is 12.6. The molecule has 2 aliphatic rings. The van der Waals surface area contributed by atoms with Gasteiger partial charge in [0.15, 0.2) is 0 Å². The molecule has 9 heteroatoms. The topological polar surface area (TPSA) is 82.8 Å². The molecule has 22 heavy (non-hydrogen) atoms. The first kappa shape index (κ1) is 15.9. The van der Waals surface area contributed by atoms with Gasteiger partial charge in [-0.15, -0.1) is 10.2 Å². The van der Waals surface area contributed by atoms with Gasteiger partial charge in [-0.25, -0.2) is 0 Å². The van der Waals surface area contributed by atoms with Gasteiger partial charge in [0.25, 0.3) is 10.2 Å². The quantitative estimate of drug-likeness (QED) is 0.786. The minimum absolute atomic E-state index is 0.520. The molecule has 1 aromatic rings.